The summed E-state index contributed by atoms with van der Waals surface area (Å²) in [7, 11) is 1.56. The number of morpholine rings is 1. The van der Waals surface area contributed by atoms with Gasteiger partial charge in [-0.2, -0.15) is 0 Å². The van der Waals surface area contributed by atoms with E-state index in [1.54, 1.807) is 31.1 Å². The predicted octanol–water partition coefficient (Wildman–Crippen LogP) is 0.367. The lowest BCUT2D eigenvalue weighted by atomic mass is 10.0. The molecule has 0 aromatic carbocycles. The Kier molecular flexibility index (Phi) is 4.04. The van der Waals surface area contributed by atoms with Crippen molar-refractivity contribution >= 4 is 11.8 Å². The maximum Gasteiger partial charge on any atom is 0.272 e. The molecule has 1 atom stereocenters. The number of amides is 2. The van der Waals surface area contributed by atoms with Crippen LogP contribution in [0.1, 0.15) is 23.0 Å². The SMILES string of the molecule is CNC(=O)C1(C)CN(C(=O)c2ncccc2C)CCO1. The van der Waals surface area contributed by atoms with Gasteiger partial charge >= 0.3 is 0 Å². The van der Waals surface area contributed by atoms with E-state index in [4.69, 9.17) is 4.74 Å². The highest BCUT2D eigenvalue weighted by Crippen LogP contribution is 2.20. The summed E-state index contributed by atoms with van der Waals surface area (Å²) in [6.45, 7) is 4.56. The molecule has 0 aliphatic carbocycles. The number of carbonyl (C=O) groups is 2. The molecule has 1 aliphatic rings. The van der Waals surface area contributed by atoms with Crippen molar-refractivity contribution in [1.29, 1.82) is 0 Å². The summed E-state index contributed by atoms with van der Waals surface area (Å²) in [6, 6.07) is 3.64. The average Bonchev–Trinajstić information content (AvgIpc) is 2.46. The van der Waals surface area contributed by atoms with Gasteiger partial charge in [0.05, 0.1) is 13.2 Å². The second-order valence-corrected chi connectivity index (χ2v) is 5.05. The lowest BCUT2D eigenvalue weighted by Gasteiger charge is -2.38. The van der Waals surface area contributed by atoms with Crippen LogP contribution in [-0.2, 0) is 9.53 Å². The molecular weight excluding hydrogens is 258 g/mol. The molecule has 2 rings (SSSR count). The highest BCUT2D eigenvalue weighted by molar-refractivity contribution is 5.94. The Hall–Kier alpha value is -1.95. The lowest BCUT2D eigenvalue weighted by Crippen LogP contribution is -2.59. The minimum Gasteiger partial charge on any atom is -0.362 e. The summed E-state index contributed by atoms with van der Waals surface area (Å²) in [6.07, 6.45) is 1.60. The van der Waals surface area contributed by atoms with E-state index < -0.39 is 5.60 Å². The van der Waals surface area contributed by atoms with Crippen molar-refractivity contribution in [3.63, 3.8) is 0 Å². The van der Waals surface area contributed by atoms with E-state index in [9.17, 15) is 9.59 Å². The normalized spacial score (nSPS) is 22.4. The van der Waals surface area contributed by atoms with E-state index in [1.807, 2.05) is 13.0 Å². The maximum atomic E-state index is 12.5. The smallest absolute Gasteiger partial charge is 0.272 e. The highest BCUT2D eigenvalue weighted by atomic mass is 16.5. The van der Waals surface area contributed by atoms with E-state index in [2.05, 4.69) is 10.3 Å². The first-order valence-corrected chi connectivity index (χ1v) is 6.55. The number of nitrogens with one attached hydrogen (secondary N) is 1. The van der Waals surface area contributed by atoms with Gasteiger partial charge < -0.3 is 15.0 Å². The standard InChI is InChI=1S/C14H19N3O3/c1-10-5-4-6-16-11(10)12(18)17-7-8-20-14(2,9-17)13(19)15-3/h4-6H,7-9H2,1-3H3,(H,15,19). The Morgan fingerprint density at radius 2 is 2.25 bits per heavy atom. The van der Waals surface area contributed by atoms with Crippen LogP contribution in [0.25, 0.3) is 0 Å². The molecule has 108 valence electrons. The van der Waals surface area contributed by atoms with Crippen LogP contribution in [0.4, 0.5) is 0 Å². The summed E-state index contributed by atoms with van der Waals surface area (Å²) in [5.74, 6) is -0.394. The Morgan fingerprint density at radius 1 is 1.50 bits per heavy atom. The average molecular weight is 277 g/mol. The molecule has 1 N–H and O–H groups in total. The van der Waals surface area contributed by atoms with Gasteiger partial charge in [-0.3, -0.25) is 14.6 Å². The van der Waals surface area contributed by atoms with Crippen molar-refractivity contribution in [2.24, 2.45) is 0 Å². The zero-order chi connectivity index (χ0) is 14.8. The van der Waals surface area contributed by atoms with Gasteiger partial charge in [0.25, 0.3) is 11.8 Å². The number of carbonyl (C=O) groups excluding carboxylic acids is 2. The number of aryl methyl sites for hydroxylation is 1. The summed E-state index contributed by atoms with van der Waals surface area (Å²) in [4.78, 5) is 30.1. The van der Waals surface area contributed by atoms with Crippen molar-refractivity contribution in [3.8, 4) is 0 Å². The molecule has 0 radical (unpaired) electrons. The minimum atomic E-state index is -1.01. The Bertz CT molecular complexity index is 532. The first-order chi connectivity index (χ1) is 9.48. The number of likely N-dealkylation sites (N-methyl/N-ethyl adjacent to an activating group) is 1. The largest absolute Gasteiger partial charge is 0.362 e. The maximum absolute atomic E-state index is 12.5. The molecule has 1 saturated heterocycles. The van der Waals surface area contributed by atoms with Gasteiger partial charge in [0.2, 0.25) is 0 Å². The molecule has 1 aromatic heterocycles. The number of aromatic nitrogens is 1. The Morgan fingerprint density at radius 3 is 2.90 bits per heavy atom. The molecule has 1 aromatic rings. The lowest BCUT2D eigenvalue weighted by molar-refractivity contribution is -0.153. The quantitative estimate of drug-likeness (QED) is 0.847. The molecule has 1 unspecified atom stereocenters. The fourth-order valence-corrected chi connectivity index (χ4v) is 2.30. The third-order valence-electron chi connectivity index (χ3n) is 3.48. The first-order valence-electron chi connectivity index (χ1n) is 6.55. The van der Waals surface area contributed by atoms with Crippen LogP contribution in [0.3, 0.4) is 0 Å². The molecule has 0 saturated carbocycles. The van der Waals surface area contributed by atoms with Gasteiger partial charge in [0.1, 0.15) is 5.69 Å². The van der Waals surface area contributed by atoms with Gasteiger partial charge in [0.15, 0.2) is 5.60 Å². The molecule has 0 bridgehead atoms. The third-order valence-corrected chi connectivity index (χ3v) is 3.48. The summed E-state index contributed by atoms with van der Waals surface area (Å²) >= 11 is 0. The van der Waals surface area contributed by atoms with Gasteiger partial charge in [-0.25, -0.2) is 0 Å². The van der Waals surface area contributed by atoms with E-state index >= 15 is 0 Å². The Balaban J connectivity index is 2.19. The predicted molar refractivity (Wildman–Crippen MR) is 73.3 cm³/mol. The van der Waals surface area contributed by atoms with Crippen molar-refractivity contribution in [3.05, 3.63) is 29.6 Å². The van der Waals surface area contributed by atoms with Gasteiger partial charge in [-0.05, 0) is 25.5 Å². The number of pyridine rings is 1. The van der Waals surface area contributed by atoms with Crippen LogP contribution in [-0.4, -0.2) is 54.0 Å². The molecule has 6 heteroatoms. The number of ether oxygens (including phenoxy) is 1. The number of nitrogens with zero attached hydrogens (tertiary/aromatic N) is 2. The van der Waals surface area contributed by atoms with Crippen LogP contribution in [0.5, 0.6) is 0 Å². The van der Waals surface area contributed by atoms with Crippen molar-refractivity contribution < 1.29 is 14.3 Å². The van der Waals surface area contributed by atoms with Crippen LogP contribution < -0.4 is 5.32 Å². The monoisotopic (exact) mass is 277 g/mol. The second-order valence-electron chi connectivity index (χ2n) is 5.05. The Labute approximate surface area is 118 Å². The van der Waals surface area contributed by atoms with Crippen molar-refractivity contribution in [2.45, 2.75) is 19.4 Å². The topological polar surface area (TPSA) is 71.5 Å². The van der Waals surface area contributed by atoms with Crippen LogP contribution in [0.15, 0.2) is 18.3 Å². The van der Waals surface area contributed by atoms with Crippen LogP contribution >= 0.6 is 0 Å². The molecule has 20 heavy (non-hydrogen) atoms. The summed E-state index contributed by atoms with van der Waals surface area (Å²) in [5.41, 5.74) is 0.241. The third kappa shape index (κ3) is 2.65. The van der Waals surface area contributed by atoms with E-state index in [0.29, 0.717) is 18.8 Å². The molecule has 2 heterocycles. The summed E-state index contributed by atoms with van der Waals surface area (Å²) in [5, 5.41) is 2.57. The molecule has 1 aliphatic heterocycles. The molecule has 0 spiro atoms. The molecule has 2 amide bonds. The molecular formula is C14H19N3O3. The van der Waals surface area contributed by atoms with Gasteiger partial charge in [0, 0.05) is 19.8 Å². The van der Waals surface area contributed by atoms with Crippen molar-refractivity contribution in [2.75, 3.05) is 26.7 Å². The van der Waals surface area contributed by atoms with Crippen LogP contribution in [0.2, 0.25) is 0 Å². The first kappa shape index (κ1) is 14.5. The zero-order valence-corrected chi connectivity index (χ0v) is 12.0. The zero-order valence-electron chi connectivity index (χ0n) is 12.0. The second kappa shape index (κ2) is 5.58. The van der Waals surface area contributed by atoms with E-state index in [1.165, 1.54) is 0 Å². The van der Waals surface area contributed by atoms with Gasteiger partial charge in [-0.15, -0.1) is 0 Å². The van der Waals surface area contributed by atoms with Gasteiger partial charge in [-0.1, -0.05) is 6.07 Å². The fraction of sp³-hybridized carbons (Fsp3) is 0.500. The highest BCUT2D eigenvalue weighted by Gasteiger charge is 2.40. The molecule has 1 fully saturated rings. The number of hydrogen-bond donors (Lipinski definition) is 1. The minimum absolute atomic E-state index is 0.165. The summed E-state index contributed by atoms with van der Waals surface area (Å²) < 4.78 is 5.54. The fourth-order valence-electron chi connectivity index (χ4n) is 2.30. The van der Waals surface area contributed by atoms with E-state index in [-0.39, 0.29) is 18.4 Å². The van der Waals surface area contributed by atoms with Crippen LogP contribution in [0, 0.1) is 6.92 Å². The number of hydrogen-bond acceptors (Lipinski definition) is 4. The molecule has 6 nitrogen and oxygen atoms in total. The van der Waals surface area contributed by atoms with E-state index in [0.717, 1.165) is 5.56 Å². The van der Waals surface area contributed by atoms with Crippen molar-refractivity contribution in [1.82, 2.24) is 15.2 Å². The number of rotatable bonds is 2.